The fraction of sp³-hybridized carbons (Fsp3) is 0.600. The second-order valence-corrected chi connectivity index (χ2v) is 6.90. The molecule has 0 amide bonds. The highest BCUT2D eigenvalue weighted by molar-refractivity contribution is 9.10. The van der Waals surface area contributed by atoms with Gasteiger partial charge in [-0.15, -0.1) is 0 Å². The van der Waals surface area contributed by atoms with Gasteiger partial charge in [-0.1, -0.05) is 18.0 Å². The molecule has 1 N–H and O–H groups in total. The van der Waals surface area contributed by atoms with Gasteiger partial charge in [0, 0.05) is 23.7 Å². The maximum absolute atomic E-state index is 6.17. The Kier molecular flexibility index (Phi) is 4.43. The van der Waals surface area contributed by atoms with Crippen molar-refractivity contribution < 1.29 is 4.74 Å². The lowest BCUT2D eigenvalue weighted by Gasteiger charge is -2.33. The summed E-state index contributed by atoms with van der Waals surface area (Å²) in [5.41, 5.74) is 0.990. The zero-order chi connectivity index (χ0) is 14.1. The molecule has 2 fully saturated rings. The van der Waals surface area contributed by atoms with Crippen molar-refractivity contribution in [3.63, 3.8) is 0 Å². The van der Waals surface area contributed by atoms with Crippen LogP contribution in [0.3, 0.4) is 0 Å². The normalized spacial score (nSPS) is 26.4. The van der Waals surface area contributed by atoms with Crippen molar-refractivity contribution in [1.82, 2.24) is 4.90 Å². The summed E-state index contributed by atoms with van der Waals surface area (Å²) in [5.74, 6) is 0.837. The Morgan fingerprint density at radius 2 is 2.15 bits per heavy atom. The van der Waals surface area contributed by atoms with E-state index in [2.05, 4.69) is 26.1 Å². The van der Waals surface area contributed by atoms with Gasteiger partial charge in [0.05, 0.1) is 17.3 Å². The Labute approximate surface area is 133 Å². The van der Waals surface area contributed by atoms with Gasteiger partial charge in [0.15, 0.2) is 5.75 Å². The van der Waals surface area contributed by atoms with E-state index < -0.39 is 0 Å². The van der Waals surface area contributed by atoms with Crippen LogP contribution in [0.1, 0.15) is 25.7 Å². The third-order valence-electron chi connectivity index (χ3n) is 4.41. The number of ether oxygens (including phenoxy) is 1. The van der Waals surface area contributed by atoms with Crippen molar-refractivity contribution in [2.45, 2.75) is 37.8 Å². The molecule has 2 atom stereocenters. The quantitative estimate of drug-likeness (QED) is 0.877. The lowest BCUT2D eigenvalue weighted by atomic mass is 9.99. The van der Waals surface area contributed by atoms with Gasteiger partial charge in [-0.2, -0.15) is 0 Å². The first-order valence-electron chi connectivity index (χ1n) is 7.22. The first-order chi connectivity index (χ1) is 9.69. The predicted octanol–water partition coefficient (Wildman–Crippen LogP) is 4.15. The third-order valence-corrected chi connectivity index (χ3v) is 5.22. The average molecular weight is 360 g/mol. The maximum atomic E-state index is 6.17. The van der Waals surface area contributed by atoms with E-state index in [1.165, 1.54) is 38.8 Å². The first-order valence-corrected chi connectivity index (χ1v) is 8.40. The van der Waals surface area contributed by atoms with Gasteiger partial charge in [0.1, 0.15) is 0 Å². The molecule has 2 heterocycles. The van der Waals surface area contributed by atoms with Gasteiger partial charge < -0.3 is 10.1 Å². The van der Waals surface area contributed by atoms with Gasteiger partial charge in [-0.05, 0) is 53.9 Å². The summed E-state index contributed by atoms with van der Waals surface area (Å²) in [4.78, 5) is 2.62. The van der Waals surface area contributed by atoms with Crippen LogP contribution in [-0.4, -0.2) is 37.2 Å². The number of anilines is 1. The lowest BCUT2D eigenvalue weighted by molar-refractivity contribution is 0.192. The van der Waals surface area contributed by atoms with E-state index in [0.717, 1.165) is 20.9 Å². The summed E-state index contributed by atoms with van der Waals surface area (Å²) < 4.78 is 6.39. The van der Waals surface area contributed by atoms with Crippen LogP contribution in [0.25, 0.3) is 0 Å². The Morgan fingerprint density at radius 1 is 1.30 bits per heavy atom. The van der Waals surface area contributed by atoms with E-state index in [4.69, 9.17) is 16.3 Å². The number of rotatable bonds is 3. The zero-order valence-corrected chi connectivity index (χ0v) is 14.0. The number of methoxy groups -OCH3 is 1. The van der Waals surface area contributed by atoms with E-state index in [9.17, 15) is 0 Å². The first kappa shape index (κ1) is 14.5. The number of nitrogens with one attached hydrogen (secondary N) is 1. The SMILES string of the molecule is COc1c(Br)cc(Cl)cc1NC1CCN2CCCCC12. The minimum Gasteiger partial charge on any atom is -0.493 e. The molecule has 0 bridgehead atoms. The number of hydrogen-bond donors (Lipinski definition) is 1. The molecule has 1 aromatic rings. The summed E-state index contributed by atoms with van der Waals surface area (Å²) >= 11 is 9.68. The van der Waals surface area contributed by atoms with Crippen molar-refractivity contribution in [3.05, 3.63) is 21.6 Å². The van der Waals surface area contributed by atoms with E-state index in [1.807, 2.05) is 12.1 Å². The van der Waals surface area contributed by atoms with E-state index in [0.29, 0.717) is 12.1 Å². The second kappa shape index (κ2) is 6.12. The van der Waals surface area contributed by atoms with Crippen molar-refractivity contribution in [2.75, 3.05) is 25.5 Å². The molecule has 3 nitrogen and oxygen atoms in total. The average Bonchev–Trinajstić information content (AvgIpc) is 2.82. The minimum absolute atomic E-state index is 0.495. The molecule has 3 rings (SSSR count). The summed E-state index contributed by atoms with van der Waals surface area (Å²) in [6.45, 7) is 2.45. The molecule has 0 spiro atoms. The molecule has 1 aromatic carbocycles. The van der Waals surface area contributed by atoms with Crippen LogP contribution in [0.2, 0.25) is 5.02 Å². The minimum atomic E-state index is 0.495. The van der Waals surface area contributed by atoms with Crippen LogP contribution >= 0.6 is 27.5 Å². The van der Waals surface area contributed by atoms with Crippen molar-refractivity contribution >= 4 is 33.2 Å². The molecule has 20 heavy (non-hydrogen) atoms. The molecule has 2 aliphatic rings. The van der Waals surface area contributed by atoms with Crippen LogP contribution in [0.15, 0.2) is 16.6 Å². The van der Waals surface area contributed by atoms with Crippen LogP contribution in [-0.2, 0) is 0 Å². The topological polar surface area (TPSA) is 24.5 Å². The number of benzene rings is 1. The summed E-state index contributed by atoms with van der Waals surface area (Å²) in [6.07, 6.45) is 5.17. The highest BCUT2D eigenvalue weighted by Gasteiger charge is 2.35. The molecule has 2 aliphatic heterocycles. The highest BCUT2D eigenvalue weighted by Crippen LogP contribution is 2.38. The highest BCUT2D eigenvalue weighted by atomic mass is 79.9. The molecular formula is C15H20BrClN2O. The molecule has 2 saturated heterocycles. The van der Waals surface area contributed by atoms with Gasteiger partial charge in [0.2, 0.25) is 0 Å². The molecule has 2 unspecified atom stereocenters. The number of nitrogens with zero attached hydrogens (tertiary/aromatic N) is 1. The molecule has 110 valence electrons. The number of fused-ring (bicyclic) bond motifs is 1. The van der Waals surface area contributed by atoms with Crippen molar-refractivity contribution in [3.8, 4) is 5.75 Å². The van der Waals surface area contributed by atoms with Crippen LogP contribution in [0.5, 0.6) is 5.75 Å². The molecular weight excluding hydrogens is 340 g/mol. The fourth-order valence-corrected chi connectivity index (χ4v) is 4.46. The molecule has 0 aliphatic carbocycles. The van der Waals surface area contributed by atoms with E-state index in [-0.39, 0.29) is 0 Å². The van der Waals surface area contributed by atoms with Gasteiger partial charge >= 0.3 is 0 Å². The summed E-state index contributed by atoms with van der Waals surface area (Å²) in [5, 5.41) is 4.38. The summed E-state index contributed by atoms with van der Waals surface area (Å²) in [6, 6.07) is 4.98. The van der Waals surface area contributed by atoms with E-state index >= 15 is 0 Å². The van der Waals surface area contributed by atoms with E-state index in [1.54, 1.807) is 7.11 Å². The van der Waals surface area contributed by atoms with Gasteiger partial charge in [0.25, 0.3) is 0 Å². The maximum Gasteiger partial charge on any atom is 0.156 e. The van der Waals surface area contributed by atoms with Crippen LogP contribution < -0.4 is 10.1 Å². The van der Waals surface area contributed by atoms with Crippen molar-refractivity contribution in [2.24, 2.45) is 0 Å². The third kappa shape index (κ3) is 2.78. The molecule has 5 heteroatoms. The molecule has 0 aromatic heterocycles. The Morgan fingerprint density at radius 3 is 2.95 bits per heavy atom. The zero-order valence-electron chi connectivity index (χ0n) is 11.7. The van der Waals surface area contributed by atoms with Gasteiger partial charge in [-0.25, -0.2) is 0 Å². The standard InChI is InChI=1S/C15H20BrClN2O/c1-20-15-11(16)8-10(17)9-13(15)18-12-5-7-19-6-3-2-4-14(12)19/h8-9,12,14,18H,2-7H2,1H3. The lowest BCUT2D eigenvalue weighted by Crippen LogP contribution is -2.41. The Balaban J connectivity index is 1.81. The molecule has 0 saturated carbocycles. The fourth-order valence-electron chi connectivity index (χ4n) is 3.49. The second-order valence-electron chi connectivity index (χ2n) is 5.61. The largest absolute Gasteiger partial charge is 0.493 e. The smallest absolute Gasteiger partial charge is 0.156 e. The Bertz CT molecular complexity index is 497. The van der Waals surface area contributed by atoms with Gasteiger partial charge in [-0.3, -0.25) is 4.90 Å². The number of hydrogen-bond acceptors (Lipinski definition) is 3. The summed E-state index contributed by atoms with van der Waals surface area (Å²) in [7, 11) is 1.70. The predicted molar refractivity (Wildman–Crippen MR) is 86.9 cm³/mol. The van der Waals surface area contributed by atoms with Crippen molar-refractivity contribution in [1.29, 1.82) is 0 Å². The molecule has 0 radical (unpaired) electrons. The number of halogens is 2. The Hall–Kier alpha value is -0.450. The number of piperidine rings is 1. The monoisotopic (exact) mass is 358 g/mol. The van der Waals surface area contributed by atoms with Crippen LogP contribution in [0, 0.1) is 0 Å². The van der Waals surface area contributed by atoms with Crippen LogP contribution in [0.4, 0.5) is 5.69 Å².